The molecule has 1 saturated heterocycles. The molecule has 2 aliphatic rings. The van der Waals surface area contributed by atoms with Crippen LogP contribution in [0.5, 0.6) is 0 Å². The molecule has 1 saturated carbocycles. The maximum Gasteiger partial charge on any atom is 0.346 e. The molecule has 3 amide bonds. The lowest BCUT2D eigenvalue weighted by atomic mass is 9.82. The number of benzene rings is 2. The van der Waals surface area contributed by atoms with Crippen molar-refractivity contribution in [2.24, 2.45) is 5.10 Å². The van der Waals surface area contributed by atoms with Crippen LogP contribution >= 0.6 is 0 Å². The lowest BCUT2D eigenvalue weighted by Crippen LogP contribution is -2.48. The van der Waals surface area contributed by atoms with Gasteiger partial charge in [0.2, 0.25) is 0 Å². The summed E-state index contributed by atoms with van der Waals surface area (Å²) < 4.78 is 0. The number of hydrogen-bond donors (Lipinski definition) is 2. The quantitative estimate of drug-likeness (QED) is 0.516. The molecule has 5 rings (SSSR count). The predicted octanol–water partition coefficient (Wildman–Crippen LogP) is 4.42. The first-order valence-corrected chi connectivity index (χ1v) is 10.0. The molecule has 1 aliphatic heterocycles. The summed E-state index contributed by atoms with van der Waals surface area (Å²) in [5.41, 5.74) is 3.00. The van der Waals surface area contributed by atoms with Crippen LogP contribution in [0.4, 0.5) is 4.79 Å². The van der Waals surface area contributed by atoms with E-state index in [0.29, 0.717) is 12.8 Å². The molecule has 1 spiro atoms. The summed E-state index contributed by atoms with van der Waals surface area (Å²) in [6, 6.07) is 17.5. The Bertz CT molecular complexity index is 1110. The largest absolute Gasteiger partial charge is 0.354 e. The third-order valence-corrected chi connectivity index (χ3v) is 5.96. The van der Waals surface area contributed by atoms with Crippen LogP contribution in [0.2, 0.25) is 0 Å². The Morgan fingerprint density at radius 3 is 2.45 bits per heavy atom. The molecule has 6 heteroatoms. The number of carbonyl (C=O) groups is 2. The highest BCUT2D eigenvalue weighted by Crippen LogP contribution is 2.34. The molecule has 1 aromatic heterocycles. The molecule has 0 radical (unpaired) electrons. The lowest BCUT2D eigenvalue weighted by molar-refractivity contribution is -0.132. The maximum absolute atomic E-state index is 13.0. The van der Waals surface area contributed by atoms with Crippen LogP contribution in [0.1, 0.15) is 37.7 Å². The van der Waals surface area contributed by atoms with E-state index in [1.807, 2.05) is 54.6 Å². The Balaban J connectivity index is 1.54. The van der Waals surface area contributed by atoms with Gasteiger partial charge >= 0.3 is 6.03 Å². The fourth-order valence-electron chi connectivity index (χ4n) is 4.45. The summed E-state index contributed by atoms with van der Waals surface area (Å²) in [5, 5.41) is 9.24. The minimum Gasteiger partial charge on any atom is -0.354 e. The summed E-state index contributed by atoms with van der Waals surface area (Å²) in [5.74, 6) is -0.237. The maximum atomic E-state index is 13.0. The second-order valence-corrected chi connectivity index (χ2v) is 7.76. The van der Waals surface area contributed by atoms with Crippen molar-refractivity contribution in [3.63, 3.8) is 0 Å². The molecule has 1 aliphatic carbocycles. The number of hydrogen-bond acceptors (Lipinski definition) is 3. The van der Waals surface area contributed by atoms with Crippen molar-refractivity contribution in [1.82, 2.24) is 15.3 Å². The molecule has 29 heavy (non-hydrogen) atoms. The summed E-state index contributed by atoms with van der Waals surface area (Å²) >= 11 is 0. The second-order valence-electron chi connectivity index (χ2n) is 7.76. The van der Waals surface area contributed by atoms with Crippen LogP contribution in [0.25, 0.3) is 22.2 Å². The molecule has 2 aromatic carbocycles. The number of aromatic amines is 1. The minimum atomic E-state index is -0.769. The van der Waals surface area contributed by atoms with Crippen LogP contribution in [0.15, 0.2) is 59.7 Å². The van der Waals surface area contributed by atoms with Gasteiger partial charge in [-0.3, -0.25) is 4.79 Å². The smallest absolute Gasteiger partial charge is 0.346 e. The zero-order valence-corrected chi connectivity index (χ0v) is 16.0. The molecule has 0 unspecified atom stereocenters. The number of rotatable bonds is 3. The summed E-state index contributed by atoms with van der Waals surface area (Å²) in [6.07, 6.45) is 6.00. The Labute approximate surface area is 168 Å². The number of fused-ring (bicyclic) bond motifs is 1. The first-order chi connectivity index (χ1) is 14.2. The molecule has 2 N–H and O–H groups in total. The number of amides is 3. The third kappa shape index (κ3) is 2.92. The van der Waals surface area contributed by atoms with Gasteiger partial charge in [-0.15, -0.1) is 5.01 Å². The van der Waals surface area contributed by atoms with Crippen LogP contribution < -0.4 is 5.32 Å². The van der Waals surface area contributed by atoms with Crippen LogP contribution in [-0.4, -0.2) is 33.7 Å². The topological polar surface area (TPSA) is 77.6 Å². The standard InChI is InChI=1S/C23H22N4O2/c28-21-23(13-7-2-8-14-23)26-22(29)27(21)24-15-18-17-11-5-6-12-19(17)25-20(18)16-9-3-1-4-10-16/h1,3-6,9-12,15,25H,2,7-8,13-14H2,(H,26,29)/b24-15+. The number of H-pyrrole nitrogens is 1. The van der Waals surface area contributed by atoms with Gasteiger partial charge in [0, 0.05) is 16.5 Å². The normalized spacial score (nSPS) is 18.8. The number of nitrogens with zero attached hydrogens (tertiary/aromatic N) is 2. The molecule has 0 atom stereocenters. The van der Waals surface area contributed by atoms with Gasteiger partial charge in [0.05, 0.1) is 11.9 Å². The van der Waals surface area contributed by atoms with Crippen molar-refractivity contribution < 1.29 is 9.59 Å². The molecule has 2 heterocycles. The minimum absolute atomic E-state index is 0.237. The fraction of sp³-hybridized carbons (Fsp3) is 0.261. The van der Waals surface area contributed by atoms with E-state index < -0.39 is 11.6 Å². The summed E-state index contributed by atoms with van der Waals surface area (Å²) in [6.45, 7) is 0. The lowest BCUT2D eigenvalue weighted by Gasteiger charge is -2.29. The van der Waals surface area contributed by atoms with Gasteiger partial charge in [0.15, 0.2) is 0 Å². The summed E-state index contributed by atoms with van der Waals surface area (Å²) in [4.78, 5) is 28.9. The summed E-state index contributed by atoms with van der Waals surface area (Å²) in [7, 11) is 0. The number of aromatic nitrogens is 1. The molecule has 6 nitrogen and oxygen atoms in total. The van der Waals surface area contributed by atoms with E-state index in [-0.39, 0.29) is 5.91 Å². The molecule has 3 aromatic rings. The van der Waals surface area contributed by atoms with Crippen molar-refractivity contribution in [1.29, 1.82) is 0 Å². The van der Waals surface area contributed by atoms with E-state index in [9.17, 15) is 9.59 Å². The van der Waals surface area contributed by atoms with E-state index in [1.165, 1.54) is 0 Å². The Kier molecular flexibility index (Phi) is 4.19. The average molecular weight is 386 g/mol. The second kappa shape index (κ2) is 6.88. The van der Waals surface area contributed by atoms with Crippen molar-refractivity contribution in [2.75, 3.05) is 0 Å². The molecular weight excluding hydrogens is 364 g/mol. The van der Waals surface area contributed by atoms with Crippen LogP contribution in [0, 0.1) is 0 Å². The molecule has 146 valence electrons. The first kappa shape index (κ1) is 17.7. The third-order valence-electron chi connectivity index (χ3n) is 5.96. The monoisotopic (exact) mass is 386 g/mol. The van der Waals surface area contributed by atoms with Gasteiger partial charge in [0.25, 0.3) is 5.91 Å². The van der Waals surface area contributed by atoms with Gasteiger partial charge in [-0.2, -0.15) is 5.10 Å². The van der Waals surface area contributed by atoms with Crippen molar-refractivity contribution in [3.8, 4) is 11.3 Å². The Morgan fingerprint density at radius 1 is 0.931 bits per heavy atom. The van der Waals surface area contributed by atoms with Gasteiger partial charge in [-0.1, -0.05) is 67.8 Å². The van der Waals surface area contributed by atoms with Gasteiger partial charge < -0.3 is 10.3 Å². The van der Waals surface area contributed by atoms with Crippen molar-refractivity contribution >= 4 is 29.1 Å². The number of nitrogens with one attached hydrogen (secondary N) is 2. The van der Waals surface area contributed by atoms with E-state index in [0.717, 1.165) is 52.0 Å². The van der Waals surface area contributed by atoms with E-state index >= 15 is 0 Å². The van der Waals surface area contributed by atoms with Gasteiger partial charge in [-0.05, 0) is 24.5 Å². The van der Waals surface area contributed by atoms with Crippen LogP contribution in [-0.2, 0) is 4.79 Å². The fourth-order valence-corrected chi connectivity index (χ4v) is 4.45. The highest BCUT2D eigenvalue weighted by Gasteiger charge is 2.51. The zero-order valence-electron chi connectivity index (χ0n) is 16.0. The predicted molar refractivity (Wildman–Crippen MR) is 113 cm³/mol. The number of carbonyl (C=O) groups excluding carboxylic acids is 2. The number of urea groups is 1. The van der Waals surface area contributed by atoms with Crippen molar-refractivity contribution in [3.05, 3.63) is 60.2 Å². The molecule has 2 fully saturated rings. The SMILES string of the molecule is O=C1NC2(CCCCC2)C(=O)N1/N=C/c1c(-c2ccccc2)[nH]c2ccccc12. The van der Waals surface area contributed by atoms with E-state index in [4.69, 9.17) is 0 Å². The number of hydrazone groups is 1. The van der Waals surface area contributed by atoms with Crippen molar-refractivity contribution in [2.45, 2.75) is 37.6 Å². The van der Waals surface area contributed by atoms with E-state index in [2.05, 4.69) is 15.4 Å². The zero-order chi connectivity index (χ0) is 19.8. The Hall–Kier alpha value is -3.41. The highest BCUT2D eigenvalue weighted by atomic mass is 16.2. The van der Waals surface area contributed by atoms with Gasteiger partial charge in [-0.25, -0.2) is 4.79 Å². The first-order valence-electron chi connectivity index (χ1n) is 10.0. The average Bonchev–Trinajstić information content (AvgIpc) is 3.23. The Morgan fingerprint density at radius 2 is 1.66 bits per heavy atom. The number of imide groups is 1. The van der Waals surface area contributed by atoms with Gasteiger partial charge in [0.1, 0.15) is 5.54 Å². The highest BCUT2D eigenvalue weighted by molar-refractivity contribution is 6.09. The van der Waals surface area contributed by atoms with E-state index in [1.54, 1.807) is 6.21 Å². The molecule has 0 bridgehead atoms. The number of para-hydroxylation sites is 1. The van der Waals surface area contributed by atoms with Crippen LogP contribution in [0.3, 0.4) is 0 Å². The molecular formula is C23H22N4O2.